The van der Waals surface area contributed by atoms with Gasteiger partial charge in [-0.25, -0.2) is 13.1 Å². The lowest BCUT2D eigenvalue weighted by atomic mass is 10.2. The minimum absolute atomic E-state index is 0.0115. The number of anilines is 1. The highest BCUT2D eigenvalue weighted by molar-refractivity contribution is 7.89. The van der Waals surface area contributed by atoms with Gasteiger partial charge in [0.2, 0.25) is 10.0 Å². The average molecular weight is 270 g/mol. The summed E-state index contributed by atoms with van der Waals surface area (Å²) in [5.74, 6) is 0. The molecular weight excluding hydrogens is 252 g/mol. The number of nitrogens with two attached hydrogens (primary N) is 1. The molecule has 0 radical (unpaired) electrons. The van der Waals surface area contributed by atoms with Crippen LogP contribution in [0.5, 0.6) is 0 Å². The molecule has 6 heteroatoms. The first-order valence-electron chi connectivity index (χ1n) is 5.96. The van der Waals surface area contributed by atoms with Gasteiger partial charge in [-0.1, -0.05) is 6.07 Å². The highest BCUT2D eigenvalue weighted by Crippen LogP contribution is 2.17. The van der Waals surface area contributed by atoms with Crippen molar-refractivity contribution in [2.24, 2.45) is 0 Å². The molecule has 1 aromatic rings. The van der Waals surface area contributed by atoms with Crippen LogP contribution >= 0.6 is 0 Å². The van der Waals surface area contributed by atoms with Crippen LogP contribution in [0, 0.1) is 6.92 Å². The maximum atomic E-state index is 12.0. The molecule has 1 fully saturated rings. The minimum atomic E-state index is -3.50. The maximum Gasteiger partial charge on any atom is 0.240 e. The molecule has 0 amide bonds. The molecule has 100 valence electrons. The van der Waals surface area contributed by atoms with Crippen LogP contribution in [0.3, 0.4) is 0 Å². The summed E-state index contributed by atoms with van der Waals surface area (Å²) < 4.78 is 32.0. The number of nitrogen functional groups attached to an aromatic ring is 1. The molecule has 18 heavy (non-hydrogen) atoms. The lowest BCUT2D eigenvalue weighted by molar-refractivity contribution is 0.114. The number of nitrogens with one attached hydrogen (secondary N) is 1. The zero-order valence-electron chi connectivity index (χ0n) is 10.3. The van der Waals surface area contributed by atoms with Gasteiger partial charge in [-0.05, 0) is 37.5 Å². The summed E-state index contributed by atoms with van der Waals surface area (Å²) in [5.41, 5.74) is 7.07. The van der Waals surface area contributed by atoms with E-state index < -0.39 is 10.0 Å². The van der Waals surface area contributed by atoms with E-state index in [-0.39, 0.29) is 11.0 Å². The van der Waals surface area contributed by atoms with Crippen LogP contribution in [-0.2, 0) is 14.8 Å². The third-order valence-electron chi connectivity index (χ3n) is 3.09. The number of hydrogen-bond acceptors (Lipinski definition) is 4. The van der Waals surface area contributed by atoms with E-state index in [0.717, 1.165) is 18.4 Å². The molecule has 3 N–H and O–H groups in total. The average Bonchev–Trinajstić information content (AvgIpc) is 2.83. The van der Waals surface area contributed by atoms with Crippen LogP contribution in [0.25, 0.3) is 0 Å². The van der Waals surface area contributed by atoms with Crippen LogP contribution in [0.1, 0.15) is 18.4 Å². The van der Waals surface area contributed by atoms with Crippen molar-refractivity contribution in [1.29, 1.82) is 0 Å². The maximum absolute atomic E-state index is 12.0. The summed E-state index contributed by atoms with van der Waals surface area (Å²) in [6, 6.07) is 4.74. The van der Waals surface area contributed by atoms with Gasteiger partial charge in [-0.3, -0.25) is 0 Å². The van der Waals surface area contributed by atoms with E-state index in [2.05, 4.69) is 4.72 Å². The van der Waals surface area contributed by atoms with Gasteiger partial charge in [-0.15, -0.1) is 0 Å². The lowest BCUT2D eigenvalue weighted by Gasteiger charge is -2.12. The molecule has 0 aliphatic carbocycles. The van der Waals surface area contributed by atoms with E-state index in [0.29, 0.717) is 18.8 Å². The molecule has 0 unspecified atom stereocenters. The van der Waals surface area contributed by atoms with Gasteiger partial charge in [0.25, 0.3) is 0 Å². The first kappa shape index (κ1) is 13.3. The first-order valence-corrected chi connectivity index (χ1v) is 7.45. The Kier molecular flexibility index (Phi) is 3.89. The molecule has 0 aromatic heterocycles. The normalized spacial score (nSPS) is 20.2. The molecular formula is C12H18N2O3S. The highest BCUT2D eigenvalue weighted by Gasteiger charge is 2.20. The Morgan fingerprint density at radius 1 is 1.50 bits per heavy atom. The van der Waals surface area contributed by atoms with Gasteiger partial charge in [0.1, 0.15) is 0 Å². The third-order valence-corrected chi connectivity index (χ3v) is 4.51. The number of ether oxygens (including phenoxy) is 1. The van der Waals surface area contributed by atoms with Crippen LogP contribution in [0.15, 0.2) is 23.1 Å². The van der Waals surface area contributed by atoms with Gasteiger partial charge in [-0.2, -0.15) is 0 Å². The van der Waals surface area contributed by atoms with Crippen molar-refractivity contribution >= 4 is 15.7 Å². The van der Waals surface area contributed by atoms with Gasteiger partial charge in [0, 0.05) is 18.8 Å². The summed E-state index contributed by atoms with van der Waals surface area (Å²) in [6.45, 7) is 2.87. The van der Waals surface area contributed by atoms with Crippen molar-refractivity contribution in [3.05, 3.63) is 23.8 Å². The molecule has 5 nitrogen and oxygen atoms in total. The second-order valence-electron chi connectivity index (χ2n) is 4.51. The van der Waals surface area contributed by atoms with E-state index >= 15 is 0 Å². The number of aryl methyl sites for hydroxylation is 1. The molecule has 1 aliphatic rings. The van der Waals surface area contributed by atoms with Crippen LogP contribution in [0.2, 0.25) is 0 Å². The van der Waals surface area contributed by atoms with Crippen LogP contribution in [-0.4, -0.2) is 27.7 Å². The number of hydrogen-bond donors (Lipinski definition) is 2. The first-order chi connectivity index (χ1) is 8.49. The highest BCUT2D eigenvalue weighted by atomic mass is 32.2. The molecule has 1 heterocycles. The topological polar surface area (TPSA) is 81.4 Å². The van der Waals surface area contributed by atoms with Crippen molar-refractivity contribution in [2.45, 2.75) is 30.8 Å². The van der Waals surface area contributed by atoms with Crippen molar-refractivity contribution < 1.29 is 13.2 Å². The smallest absolute Gasteiger partial charge is 0.240 e. The standard InChI is InChI=1S/C12H18N2O3S/c1-9-4-5-11(7-12(9)13)18(15,16)14-8-10-3-2-6-17-10/h4-5,7,10,14H,2-3,6,8,13H2,1H3/t10-/m1/s1. The largest absolute Gasteiger partial charge is 0.398 e. The predicted molar refractivity (Wildman–Crippen MR) is 69.8 cm³/mol. The minimum Gasteiger partial charge on any atom is -0.398 e. The molecule has 0 bridgehead atoms. The van der Waals surface area contributed by atoms with E-state index in [1.807, 2.05) is 6.92 Å². The monoisotopic (exact) mass is 270 g/mol. The molecule has 1 saturated heterocycles. The summed E-state index contributed by atoms with van der Waals surface area (Å²) in [6.07, 6.45) is 1.88. The fourth-order valence-corrected chi connectivity index (χ4v) is 2.98. The Morgan fingerprint density at radius 3 is 2.89 bits per heavy atom. The predicted octanol–water partition coefficient (Wildman–Crippen LogP) is 1.03. The molecule has 0 saturated carbocycles. The quantitative estimate of drug-likeness (QED) is 0.801. The third kappa shape index (κ3) is 3.01. The summed E-state index contributed by atoms with van der Waals surface area (Å²) in [4.78, 5) is 0.198. The summed E-state index contributed by atoms with van der Waals surface area (Å²) in [5, 5.41) is 0. The molecule has 1 aliphatic heterocycles. The van der Waals surface area contributed by atoms with Gasteiger partial charge in [0.15, 0.2) is 0 Å². The fourth-order valence-electron chi connectivity index (χ4n) is 1.88. The van der Waals surface area contributed by atoms with E-state index in [1.165, 1.54) is 6.07 Å². The summed E-state index contributed by atoms with van der Waals surface area (Å²) >= 11 is 0. The van der Waals surface area contributed by atoms with Crippen molar-refractivity contribution in [3.63, 3.8) is 0 Å². The van der Waals surface area contributed by atoms with Gasteiger partial charge >= 0.3 is 0 Å². The molecule has 2 rings (SSSR count). The Morgan fingerprint density at radius 2 is 2.28 bits per heavy atom. The Hall–Kier alpha value is -1.11. The van der Waals surface area contributed by atoms with Gasteiger partial charge < -0.3 is 10.5 Å². The van der Waals surface area contributed by atoms with Crippen LogP contribution in [0.4, 0.5) is 5.69 Å². The van der Waals surface area contributed by atoms with Crippen LogP contribution < -0.4 is 10.5 Å². The Balaban J connectivity index is 2.07. The second-order valence-corrected chi connectivity index (χ2v) is 6.27. The number of benzene rings is 1. The molecule has 1 atom stereocenters. The van der Waals surface area contributed by atoms with E-state index in [1.54, 1.807) is 12.1 Å². The van der Waals surface area contributed by atoms with Crippen molar-refractivity contribution in [1.82, 2.24) is 4.72 Å². The zero-order chi connectivity index (χ0) is 13.2. The van der Waals surface area contributed by atoms with E-state index in [9.17, 15) is 8.42 Å². The molecule has 1 aromatic carbocycles. The second kappa shape index (κ2) is 5.26. The SMILES string of the molecule is Cc1ccc(S(=O)(=O)NC[C@H]2CCCO2)cc1N. The lowest BCUT2D eigenvalue weighted by Crippen LogP contribution is -2.31. The van der Waals surface area contributed by atoms with Gasteiger partial charge in [0.05, 0.1) is 11.0 Å². The number of sulfonamides is 1. The van der Waals surface area contributed by atoms with Crippen molar-refractivity contribution in [2.75, 3.05) is 18.9 Å². The van der Waals surface area contributed by atoms with Crippen molar-refractivity contribution in [3.8, 4) is 0 Å². The zero-order valence-corrected chi connectivity index (χ0v) is 11.2. The summed E-state index contributed by atoms with van der Waals surface area (Å²) in [7, 11) is -3.50. The Bertz CT molecular complexity index is 522. The number of rotatable bonds is 4. The molecule has 0 spiro atoms. The van der Waals surface area contributed by atoms with E-state index in [4.69, 9.17) is 10.5 Å². The Labute approximate surface area is 107 Å². The fraction of sp³-hybridized carbons (Fsp3) is 0.500.